The van der Waals surface area contributed by atoms with Gasteiger partial charge in [0.15, 0.2) is 0 Å². The number of aryl methyl sites for hydroxylation is 2. The normalized spacial score (nSPS) is 14.4. The van der Waals surface area contributed by atoms with Crippen LogP contribution in [-0.4, -0.2) is 18.8 Å². The van der Waals surface area contributed by atoms with E-state index in [9.17, 15) is 4.79 Å². The van der Waals surface area contributed by atoms with Crippen LogP contribution < -0.4 is 0 Å². The van der Waals surface area contributed by atoms with E-state index in [4.69, 9.17) is 4.74 Å². The number of rotatable bonds is 4. The van der Waals surface area contributed by atoms with Gasteiger partial charge in [0, 0.05) is 10.6 Å². The van der Waals surface area contributed by atoms with Crippen molar-refractivity contribution >= 4 is 17.7 Å². The molecule has 0 fully saturated rings. The molecule has 2 nitrogen and oxygen atoms in total. The van der Waals surface area contributed by atoms with Gasteiger partial charge in [-0.05, 0) is 56.4 Å². The van der Waals surface area contributed by atoms with E-state index >= 15 is 0 Å². The van der Waals surface area contributed by atoms with Crippen molar-refractivity contribution in [2.45, 2.75) is 38.0 Å². The molecule has 1 aromatic carbocycles. The van der Waals surface area contributed by atoms with Crippen LogP contribution in [0.2, 0.25) is 0 Å². The van der Waals surface area contributed by atoms with Gasteiger partial charge in [0.25, 0.3) is 0 Å². The van der Waals surface area contributed by atoms with E-state index in [1.807, 2.05) is 13.8 Å². The zero-order chi connectivity index (χ0) is 13.2. The van der Waals surface area contributed by atoms with Crippen molar-refractivity contribution < 1.29 is 9.53 Å². The molecule has 0 bridgehead atoms. The Hall–Kier alpha value is -0.960. The highest BCUT2D eigenvalue weighted by Crippen LogP contribution is 2.31. The second-order valence-corrected chi connectivity index (χ2v) is 6.50. The number of ether oxygens (including phenoxy) is 1. The van der Waals surface area contributed by atoms with E-state index in [2.05, 4.69) is 18.2 Å². The molecular formula is C15H20O2S. The molecule has 0 saturated carbocycles. The van der Waals surface area contributed by atoms with E-state index < -0.39 is 5.41 Å². The van der Waals surface area contributed by atoms with Gasteiger partial charge >= 0.3 is 5.97 Å². The summed E-state index contributed by atoms with van der Waals surface area (Å²) in [5, 5.41) is 0. The van der Waals surface area contributed by atoms with Crippen molar-refractivity contribution in [3.8, 4) is 0 Å². The topological polar surface area (TPSA) is 26.3 Å². The number of thioether (sulfide) groups is 1. The van der Waals surface area contributed by atoms with Gasteiger partial charge in [0.2, 0.25) is 0 Å². The Morgan fingerprint density at radius 2 is 2.06 bits per heavy atom. The van der Waals surface area contributed by atoms with Crippen LogP contribution in [0.5, 0.6) is 0 Å². The van der Waals surface area contributed by atoms with Crippen molar-refractivity contribution in [1.82, 2.24) is 0 Å². The number of hydrogen-bond acceptors (Lipinski definition) is 3. The van der Waals surface area contributed by atoms with Crippen LogP contribution in [0.25, 0.3) is 0 Å². The predicted molar refractivity (Wildman–Crippen MR) is 75.0 cm³/mol. The standard InChI is InChI=1S/C15H20O2S/c1-15(2,14(16)17-3)10-18-13-8-7-11-5-4-6-12(11)9-13/h7-9H,4-6,10H2,1-3H3. The number of carbonyl (C=O) groups is 1. The summed E-state index contributed by atoms with van der Waals surface area (Å²) in [5.41, 5.74) is 2.54. The van der Waals surface area contributed by atoms with E-state index in [-0.39, 0.29) is 5.97 Å². The molecule has 0 unspecified atom stereocenters. The van der Waals surface area contributed by atoms with Gasteiger partial charge in [0.1, 0.15) is 0 Å². The molecule has 1 aliphatic carbocycles. The van der Waals surface area contributed by atoms with E-state index in [0.29, 0.717) is 0 Å². The molecule has 0 amide bonds. The third-order valence-corrected chi connectivity index (χ3v) is 4.86. The number of hydrogen-bond donors (Lipinski definition) is 0. The lowest BCUT2D eigenvalue weighted by atomic mass is 9.97. The average Bonchev–Trinajstić information content (AvgIpc) is 2.82. The molecule has 0 heterocycles. The lowest BCUT2D eigenvalue weighted by molar-refractivity contribution is -0.149. The highest BCUT2D eigenvalue weighted by atomic mass is 32.2. The molecule has 1 aliphatic rings. The number of benzene rings is 1. The van der Waals surface area contributed by atoms with E-state index in [0.717, 1.165) is 5.75 Å². The SMILES string of the molecule is COC(=O)C(C)(C)CSc1ccc2c(c1)CCC2. The van der Waals surface area contributed by atoms with Gasteiger partial charge in [-0.3, -0.25) is 4.79 Å². The fraction of sp³-hybridized carbons (Fsp3) is 0.533. The first kappa shape index (κ1) is 13.5. The summed E-state index contributed by atoms with van der Waals surface area (Å²) >= 11 is 1.74. The molecule has 0 atom stereocenters. The second-order valence-electron chi connectivity index (χ2n) is 5.45. The lowest BCUT2D eigenvalue weighted by Gasteiger charge is -2.20. The minimum Gasteiger partial charge on any atom is -0.469 e. The maximum absolute atomic E-state index is 11.6. The number of esters is 1. The average molecular weight is 264 g/mol. The molecule has 18 heavy (non-hydrogen) atoms. The monoisotopic (exact) mass is 264 g/mol. The van der Waals surface area contributed by atoms with Gasteiger partial charge in [-0.25, -0.2) is 0 Å². The molecule has 0 aromatic heterocycles. The van der Waals surface area contributed by atoms with Crippen LogP contribution in [0.3, 0.4) is 0 Å². The zero-order valence-electron chi connectivity index (χ0n) is 11.3. The molecule has 0 N–H and O–H groups in total. The molecule has 0 aliphatic heterocycles. The molecule has 3 heteroatoms. The largest absolute Gasteiger partial charge is 0.469 e. The highest BCUT2D eigenvalue weighted by Gasteiger charge is 2.28. The fourth-order valence-corrected chi connectivity index (χ4v) is 3.27. The van der Waals surface area contributed by atoms with Gasteiger partial charge < -0.3 is 4.74 Å². The van der Waals surface area contributed by atoms with Crippen molar-refractivity contribution in [3.63, 3.8) is 0 Å². The smallest absolute Gasteiger partial charge is 0.312 e. The summed E-state index contributed by atoms with van der Waals surface area (Å²) in [6, 6.07) is 6.68. The summed E-state index contributed by atoms with van der Waals surface area (Å²) in [4.78, 5) is 12.9. The molecule has 2 rings (SSSR count). The van der Waals surface area contributed by atoms with Crippen LogP contribution in [0.15, 0.2) is 23.1 Å². The maximum Gasteiger partial charge on any atom is 0.312 e. The first-order valence-corrected chi connectivity index (χ1v) is 7.34. The fourth-order valence-electron chi connectivity index (χ4n) is 2.24. The quantitative estimate of drug-likeness (QED) is 0.615. The predicted octanol–water partition coefficient (Wildman–Crippen LogP) is 3.47. The number of methoxy groups -OCH3 is 1. The maximum atomic E-state index is 11.6. The zero-order valence-corrected chi connectivity index (χ0v) is 12.1. The van der Waals surface area contributed by atoms with Crippen LogP contribution >= 0.6 is 11.8 Å². The molecule has 0 saturated heterocycles. The van der Waals surface area contributed by atoms with Crippen molar-refractivity contribution in [2.24, 2.45) is 5.41 Å². The van der Waals surface area contributed by atoms with Gasteiger partial charge in [-0.2, -0.15) is 0 Å². The third kappa shape index (κ3) is 2.89. The Balaban J connectivity index is 2.00. The Bertz CT molecular complexity index is 452. The lowest BCUT2D eigenvalue weighted by Crippen LogP contribution is -2.28. The minimum atomic E-state index is -0.432. The molecule has 1 aromatic rings. The Labute approximate surface area is 113 Å². The summed E-state index contributed by atoms with van der Waals surface area (Å²) < 4.78 is 4.83. The number of carbonyl (C=O) groups excluding carboxylic acids is 1. The van der Waals surface area contributed by atoms with E-state index in [1.165, 1.54) is 42.4 Å². The van der Waals surface area contributed by atoms with E-state index in [1.54, 1.807) is 11.8 Å². The second kappa shape index (κ2) is 5.35. The van der Waals surface area contributed by atoms with Crippen LogP contribution in [0, 0.1) is 5.41 Å². The Kier molecular flexibility index (Phi) is 4.00. The van der Waals surface area contributed by atoms with Crippen LogP contribution in [0.4, 0.5) is 0 Å². The molecule has 0 radical (unpaired) electrons. The molecular weight excluding hydrogens is 244 g/mol. The third-order valence-electron chi connectivity index (χ3n) is 3.41. The van der Waals surface area contributed by atoms with Gasteiger partial charge in [0.05, 0.1) is 12.5 Å². The van der Waals surface area contributed by atoms with Crippen LogP contribution in [-0.2, 0) is 22.4 Å². The molecule has 0 spiro atoms. The summed E-state index contributed by atoms with van der Waals surface area (Å²) in [6.07, 6.45) is 3.69. The Morgan fingerprint density at radius 1 is 1.33 bits per heavy atom. The van der Waals surface area contributed by atoms with Gasteiger partial charge in [-0.1, -0.05) is 6.07 Å². The first-order valence-electron chi connectivity index (χ1n) is 6.36. The Morgan fingerprint density at radius 3 is 2.78 bits per heavy atom. The first-order chi connectivity index (χ1) is 8.53. The summed E-state index contributed by atoms with van der Waals surface area (Å²) in [7, 11) is 1.45. The summed E-state index contributed by atoms with van der Waals surface area (Å²) in [5.74, 6) is 0.606. The highest BCUT2D eigenvalue weighted by molar-refractivity contribution is 7.99. The van der Waals surface area contributed by atoms with Gasteiger partial charge in [-0.15, -0.1) is 11.8 Å². The number of fused-ring (bicyclic) bond motifs is 1. The summed E-state index contributed by atoms with van der Waals surface area (Å²) in [6.45, 7) is 3.86. The molecule has 98 valence electrons. The van der Waals surface area contributed by atoms with Crippen molar-refractivity contribution in [3.05, 3.63) is 29.3 Å². The van der Waals surface area contributed by atoms with Crippen molar-refractivity contribution in [1.29, 1.82) is 0 Å². The minimum absolute atomic E-state index is 0.142. The van der Waals surface area contributed by atoms with Crippen LogP contribution in [0.1, 0.15) is 31.4 Å². The van der Waals surface area contributed by atoms with Crippen molar-refractivity contribution in [2.75, 3.05) is 12.9 Å².